The molecule has 0 heterocycles. The van der Waals surface area contributed by atoms with Gasteiger partial charge in [-0.1, -0.05) is 19.4 Å². The summed E-state index contributed by atoms with van der Waals surface area (Å²) in [5, 5.41) is 0. The molecule has 1 saturated carbocycles. The second kappa shape index (κ2) is 3.72. The van der Waals surface area contributed by atoms with Gasteiger partial charge in [-0.25, -0.2) is 4.39 Å². The molecule has 0 amide bonds. The first-order valence-electron chi connectivity index (χ1n) is 5.51. The Morgan fingerprint density at radius 1 is 1.36 bits per heavy atom. The normalized spacial score (nSPS) is 15.9. The van der Waals surface area contributed by atoms with Crippen LogP contribution >= 0.6 is 0 Å². The minimum atomic E-state index is 0.00810. The molecule has 0 aromatic heterocycles. The molecule has 76 valence electrons. The molecule has 1 aliphatic rings. The van der Waals surface area contributed by atoms with Gasteiger partial charge in [0.05, 0.1) is 0 Å². The van der Waals surface area contributed by atoms with Crippen molar-refractivity contribution in [2.24, 2.45) is 0 Å². The van der Waals surface area contributed by atoms with Gasteiger partial charge in [0, 0.05) is 0 Å². The standard InChI is InChI=1S/C13H17F/c1-3-4-12-9(2)7-11(8-13(12)14)10-5-6-10/h7-8,10H,3-6H2,1-2H3. The van der Waals surface area contributed by atoms with Crippen LogP contribution in [0.3, 0.4) is 0 Å². The highest BCUT2D eigenvalue weighted by molar-refractivity contribution is 5.36. The first kappa shape index (κ1) is 9.70. The van der Waals surface area contributed by atoms with E-state index < -0.39 is 0 Å². The van der Waals surface area contributed by atoms with Crippen molar-refractivity contribution in [1.29, 1.82) is 0 Å². The van der Waals surface area contributed by atoms with E-state index in [0.717, 1.165) is 24.0 Å². The third-order valence-electron chi connectivity index (χ3n) is 2.99. The average molecular weight is 192 g/mol. The van der Waals surface area contributed by atoms with E-state index in [9.17, 15) is 4.39 Å². The summed E-state index contributed by atoms with van der Waals surface area (Å²) in [6.07, 6.45) is 4.36. The van der Waals surface area contributed by atoms with Crippen LogP contribution in [0.2, 0.25) is 0 Å². The van der Waals surface area contributed by atoms with Gasteiger partial charge in [-0.15, -0.1) is 0 Å². The van der Waals surface area contributed by atoms with Gasteiger partial charge in [0.15, 0.2) is 0 Å². The number of hydrogen-bond donors (Lipinski definition) is 0. The first-order chi connectivity index (χ1) is 6.72. The molecule has 1 aromatic carbocycles. The third kappa shape index (κ3) is 1.82. The fourth-order valence-electron chi connectivity index (χ4n) is 2.02. The Morgan fingerprint density at radius 3 is 2.57 bits per heavy atom. The lowest BCUT2D eigenvalue weighted by Gasteiger charge is -2.08. The molecule has 0 aliphatic heterocycles. The van der Waals surface area contributed by atoms with Gasteiger partial charge in [-0.05, 0) is 54.9 Å². The lowest BCUT2D eigenvalue weighted by Crippen LogP contribution is -1.96. The molecule has 1 fully saturated rings. The summed E-state index contributed by atoms with van der Waals surface area (Å²) in [7, 11) is 0. The Labute approximate surface area is 85.1 Å². The fraction of sp³-hybridized carbons (Fsp3) is 0.538. The maximum Gasteiger partial charge on any atom is 0.126 e. The summed E-state index contributed by atoms with van der Waals surface area (Å²) in [5.74, 6) is 0.660. The predicted octanol–water partition coefficient (Wildman–Crippen LogP) is 3.96. The first-order valence-corrected chi connectivity index (χ1v) is 5.51. The van der Waals surface area contributed by atoms with Crippen molar-refractivity contribution in [3.8, 4) is 0 Å². The quantitative estimate of drug-likeness (QED) is 0.680. The average Bonchev–Trinajstić information content (AvgIpc) is 2.93. The molecule has 0 unspecified atom stereocenters. The maximum atomic E-state index is 13.7. The van der Waals surface area contributed by atoms with E-state index >= 15 is 0 Å². The molecule has 0 radical (unpaired) electrons. The zero-order valence-corrected chi connectivity index (χ0v) is 8.94. The van der Waals surface area contributed by atoms with Crippen LogP contribution in [0.15, 0.2) is 12.1 Å². The van der Waals surface area contributed by atoms with E-state index in [4.69, 9.17) is 0 Å². The minimum absolute atomic E-state index is 0.00810. The molecule has 1 heteroatoms. The lowest BCUT2D eigenvalue weighted by atomic mass is 9.99. The molecule has 1 aromatic rings. The van der Waals surface area contributed by atoms with Crippen molar-refractivity contribution in [2.75, 3.05) is 0 Å². The predicted molar refractivity (Wildman–Crippen MR) is 57.1 cm³/mol. The summed E-state index contributed by atoms with van der Waals surface area (Å²) in [5.41, 5.74) is 3.26. The van der Waals surface area contributed by atoms with Gasteiger partial charge in [-0.3, -0.25) is 0 Å². The molecule has 0 bridgehead atoms. The zero-order chi connectivity index (χ0) is 10.1. The number of halogens is 1. The van der Waals surface area contributed by atoms with Gasteiger partial charge in [0.1, 0.15) is 5.82 Å². The van der Waals surface area contributed by atoms with Crippen LogP contribution in [0.25, 0.3) is 0 Å². The van der Waals surface area contributed by atoms with Gasteiger partial charge in [-0.2, -0.15) is 0 Å². The van der Waals surface area contributed by atoms with Crippen molar-refractivity contribution >= 4 is 0 Å². The van der Waals surface area contributed by atoms with Crippen LogP contribution in [0.5, 0.6) is 0 Å². The summed E-state index contributed by atoms with van der Waals surface area (Å²) < 4.78 is 13.7. The largest absolute Gasteiger partial charge is 0.207 e. The van der Waals surface area contributed by atoms with Crippen molar-refractivity contribution < 1.29 is 4.39 Å². The lowest BCUT2D eigenvalue weighted by molar-refractivity contribution is 0.603. The monoisotopic (exact) mass is 192 g/mol. The second-order valence-corrected chi connectivity index (χ2v) is 4.32. The molecule has 0 nitrogen and oxygen atoms in total. The molecule has 2 rings (SSSR count). The van der Waals surface area contributed by atoms with E-state index in [-0.39, 0.29) is 5.82 Å². The van der Waals surface area contributed by atoms with Crippen LogP contribution in [0.1, 0.15) is 48.8 Å². The van der Waals surface area contributed by atoms with Crippen LogP contribution in [-0.4, -0.2) is 0 Å². The molecule has 0 spiro atoms. The SMILES string of the molecule is CCCc1c(C)cc(C2CC2)cc1F. The summed E-state index contributed by atoms with van der Waals surface area (Å²) >= 11 is 0. The van der Waals surface area contributed by atoms with E-state index in [1.807, 2.05) is 6.92 Å². The number of aryl methyl sites for hydroxylation is 1. The van der Waals surface area contributed by atoms with E-state index in [1.54, 1.807) is 6.07 Å². The van der Waals surface area contributed by atoms with Gasteiger partial charge >= 0.3 is 0 Å². The molecule has 1 aliphatic carbocycles. The van der Waals surface area contributed by atoms with Crippen LogP contribution in [0, 0.1) is 12.7 Å². The van der Waals surface area contributed by atoms with Gasteiger partial charge in [0.25, 0.3) is 0 Å². The summed E-state index contributed by atoms with van der Waals surface area (Å²) in [4.78, 5) is 0. The Bertz CT molecular complexity index is 314. The Morgan fingerprint density at radius 2 is 2.07 bits per heavy atom. The van der Waals surface area contributed by atoms with Crippen molar-refractivity contribution in [3.05, 3.63) is 34.6 Å². The molecular formula is C13H17F. The summed E-state index contributed by atoms with van der Waals surface area (Å²) in [6.45, 7) is 4.12. The van der Waals surface area contributed by atoms with Gasteiger partial charge < -0.3 is 0 Å². The second-order valence-electron chi connectivity index (χ2n) is 4.32. The van der Waals surface area contributed by atoms with Crippen LogP contribution in [0.4, 0.5) is 4.39 Å². The zero-order valence-electron chi connectivity index (χ0n) is 8.94. The minimum Gasteiger partial charge on any atom is -0.207 e. The van der Waals surface area contributed by atoms with Crippen LogP contribution < -0.4 is 0 Å². The Hall–Kier alpha value is -0.850. The van der Waals surface area contributed by atoms with E-state index in [0.29, 0.717) is 5.92 Å². The van der Waals surface area contributed by atoms with Crippen molar-refractivity contribution in [2.45, 2.75) is 45.4 Å². The van der Waals surface area contributed by atoms with E-state index in [1.165, 1.54) is 18.4 Å². The van der Waals surface area contributed by atoms with Gasteiger partial charge in [0.2, 0.25) is 0 Å². The third-order valence-corrected chi connectivity index (χ3v) is 2.99. The topological polar surface area (TPSA) is 0 Å². The number of rotatable bonds is 3. The fourth-order valence-corrected chi connectivity index (χ4v) is 2.02. The van der Waals surface area contributed by atoms with E-state index in [2.05, 4.69) is 13.0 Å². The Balaban J connectivity index is 2.33. The highest BCUT2D eigenvalue weighted by atomic mass is 19.1. The molecule has 14 heavy (non-hydrogen) atoms. The molecule has 0 saturated heterocycles. The molecular weight excluding hydrogens is 175 g/mol. The van der Waals surface area contributed by atoms with Crippen molar-refractivity contribution in [3.63, 3.8) is 0 Å². The van der Waals surface area contributed by atoms with Crippen LogP contribution in [-0.2, 0) is 6.42 Å². The van der Waals surface area contributed by atoms with Crippen molar-refractivity contribution in [1.82, 2.24) is 0 Å². The highest BCUT2D eigenvalue weighted by Gasteiger charge is 2.24. The summed E-state index contributed by atoms with van der Waals surface area (Å²) in [6, 6.07) is 3.92. The number of benzene rings is 1. The smallest absolute Gasteiger partial charge is 0.126 e. The highest BCUT2D eigenvalue weighted by Crippen LogP contribution is 2.41. The molecule has 0 N–H and O–H groups in total. The number of hydrogen-bond acceptors (Lipinski definition) is 0. The Kier molecular flexibility index (Phi) is 2.58. The molecule has 0 atom stereocenters. The maximum absolute atomic E-state index is 13.7.